The number of halogens is 2. The van der Waals surface area contributed by atoms with Crippen molar-refractivity contribution in [3.05, 3.63) is 33.3 Å². The second kappa shape index (κ2) is 5.07. The zero-order chi connectivity index (χ0) is 14.3. The van der Waals surface area contributed by atoms with Gasteiger partial charge in [-0.2, -0.15) is 0 Å². The fraction of sp³-hybridized carbons (Fsp3) is 0.417. The number of benzene rings is 1. The predicted molar refractivity (Wildman–Crippen MR) is 78.3 cm³/mol. The summed E-state index contributed by atoms with van der Waals surface area (Å²) in [5.41, 5.74) is -0.386. The van der Waals surface area contributed by atoms with Crippen LogP contribution < -0.4 is 5.32 Å². The molecule has 1 amide bonds. The number of rotatable bonds is 2. The highest BCUT2D eigenvalue weighted by atomic mass is 79.9. The smallest absolute Gasteiger partial charge is 0.253 e. The van der Waals surface area contributed by atoms with E-state index in [0.717, 1.165) is 0 Å². The third-order valence-electron chi connectivity index (χ3n) is 3.11. The Morgan fingerprint density at radius 2 is 2.16 bits per heavy atom. The lowest BCUT2D eigenvalue weighted by Gasteiger charge is -2.24. The van der Waals surface area contributed by atoms with Gasteiger partial charge in [0.25, 0.3) is 5.91 Å². The van der Waals surface area contributed by atoms with Crippen molar-refractivity contribution in [3.63, 3.8) is 0 Å². The summed E-state index contributed by atoms with van der Waals surface area (Å²) in [6, 6.07) is 5.05. The Morgan fingerprint density at radius 1 is 1.47 bits per heavy atom. The first kappa shape index (κ1) is 14.8. The Kier molecular flexibility index (Phi) is 3.95. The number of hydrogen-bond acceptors (Lipinski definition) is 3. The van der Waals surface area contributed by atoms with Crippen LogP contribution >= 0.6 is 27.5 Å². The molecule has 1 N–H and O–H groups in total. The van der Waals surface area contributed by atoms with Gasteiger partial charge < -0.3 is 5.32 Å². The van der Waals surface area contributed by atoms with Crippen LogP contribution in [0.15, 0.2) is 22.7 Å². The Bertz CT molecular complexity index is 632. The molecule has 0 spiro atoms. The first-order chi connectivity index (χ1) is 8.72. The zero-order valence-corrected chi connectivity index (χ0v) is 13.4. The van der Waals surface area contributed by atoms with E-state index >= 15 is 0 Å². The van der Waals surface area contributed by atoms with Crippen LogP contribution in [0.5, 0.6) is 0 Å². The van der Waals surface area contributed by atoms with Crippen molar-refractivity contribution in [2.24, 2.45) is 0 Å². The Labute approximate surface area is 125 Å². The monoisotopic (exact) mass is 365 g/mol. The summed E-state index contributed by atoms with van der Waals surface area (Å²) in [5, 5.41) is 3.10. The molecule has 1 aromatic carbocycles. The molecule has 1 saturated heterocycles. The number of sulfone groups is 1. The van der Waals surface area contributed by atoms with E-state index in [1.54, 1.807) is 25.1 Å². The van der Waals surface area contributed by atoms with Crippen LogP contribution in [0.3, 0.4) is 0 Å². The molecule has 0 radical (unpaired) electrons. The van der Waals surface area contributed by atoms with Crippen LogP contribution in [0, 0.1) is 0 Å². The molecule has 1 fully saturated rings. The largest absolute Gasteiger partial charge is 0.346 e. The van der Waals surface area contributed by atoms with Gasteiger partial charge in [0.15, 0.2) is 9.84 Å². The first-order valence-corrected chi connectivity index (χ1v) is 8.69. The molecule has 1 aliphatic rings. The second-order valence-electron chi connectivity index (χ2n) is 4.96. The Morgan fingerprint density at radius 3 is 2.74 bits per heavy atom. The molecule has 1 heterocycles. The van der Waals surface area contributed by atoms with E-state index in [-0.39, 0.29) is 17.4 Å². The third-order valence-corrected chi connectivity index (χ3v) is 6.31. The molecule has 4 nitrogen and oxygen atoms in total. The average Bonchev–Trinajstić information content (AvgIpc) is 2.56. The maximum absolute atomic E-state index is 12.2. The fourth-order valence-corrected chi connectivity index (χ4v) is 4.80. The van der Waals surface area contributed by atoms with Crippen molar-refractivity contribution in [1.29, 1.82) is 0 Å². The minimum Gasteiger partial charge on any atom is -0.346 e. The highest BCUT2D eigenvalue weighted by molar-refractivity contribution is 9.10. The van der Waals surface area contributed by atoms with Gasteiger partial charge in [-0.1, -0.05) is 17.7 Å². The molecule has 0 saturated carbocycles. The molecular formula is C12H13BrClNO3S. The third kappa shape index (κ3) is 3.30. The van der Waals surface area contributed by atoms with E-state index in [2.05, 4.69) is 21.2 Å². The average molecular weight is 367 g/mol. The van der Waals surface area contributed by atoms with E-state index in [1.807, 2.05) is 0 Å². The molecule has 2 rings (SSSR count). The van der Waals surface area contributed by atoms with Gasteiger partial charge in [-0.05, 0) is 41.4 Å². The maximum atomic E-state index is 12.2. The van der Waals surface area contributed by atoms with Gasteiger partial charge in [-0.3, -0.25) is 4.79 Å². The number of nitrogens with one attached hydrogen (secondary N) is 1. The van der Waals surface area contributed by atoms with E-state index in [0.29, 0.717) is 21.5 Å². The van der Waals surface area contributed by atoms with Gasteiger partial charge >= 0.3 is 0 Å². The standard InChI is InChI=1S/C12H13BrClNO3S/c1-12(5-6-19(17,18)7-12)15-11(16)8-3-2-4-9(13)10(8)14/h2-4H,5-7H2,1H3,(H,15,16). The summed E-state index contributed by atoms with van der Waals surface area (Å²) >= 11 is 9.30. The number of hydrogen-bond donors (Lipinski definition) is 1. The van der Waals surface area contributed by atoms with Crippen LogP contribution in [0.2, 0.25) is 5.02 Å². The normalized spacial score (nSPS) is 25.2. The van der Waals surface area contributed by atoms with Gasteiger partial charge in [0.1, 0.15) is 0 Å². The lowest BCUT2D eigenvalue weighted by atomic mass is 10.0. The first-order valence-electron chi connectivity index (χ1n) is 5.69. The second-order valence-corrected chi connectivity index (χ2v) is 8.37. The summed E-state index contributed by atoms with van der Waals surface area (Å²) < 4.78 is 23.6. The zero-order valence-electron chi connectivity index (χ0n) is 10.2. The number of amides is 1. The minimum atomic E-state index is -3.06. The summed E-state index contributed by atoms with van der Waals surface area (Å²) in [5.74, 6) is -0.279. The van der Waals surface area contributed by atoms with Crippen molar-refractivity contribution in [3.8, 4) is 0 Å². The van der Waals surface area contributed by atoms with E-state index in [9.17, 15) is 13.2 Å². The topological polar surface area (TPSA) is 63.2 Å². The van der Waals surface area contributed by atoms with Crippen LogP contribution in [0.4, 0.5) is 0 Å². The maximum Gasteiger partial charge on any atom is 0.253 e. The molecular weight excluding hydrogens is 354 g/mol. The number of carbonyl (C=O) groups is 1. The van der Waals surface area contributed by atoms with E-state index < -0.39 is 15.4 Å². The fourth-order valence-electron chi connectivity index (χ4n) is 2.13. The summed E-state index contributed by atoms with van der Waals surface area (Å²) in [4.78, 5) is 12.2. The lowest BCUT2D eigenvalue weighted by molar-refractivity contribution is 0.0915. The molecule has 1 aliphatic heterocycles. The Hall–Kier alpha value is -0.590. The molecule has 104 valence electrons. The highest BCUT2D eigenvalue weighted by Crippen LogP contribution is 2.28. The van der Waals surface area contributed by atoms with Gasteiger partial charge in [0, 0.05) is 4.47 Å². The van der Waals surface area contributed by atoms with Crippen molar-refractivity contribution in [2.75, 3.05) is 11.5 Å². The summed E-state index contributed by atoms with van der Waals surface area (Å²) in [6.45, 7) is 1.74. The van der Waals surface area contributed by atoms with Crippen molar-refractivity contribution in [2.45, 2.75) is 18.9 Å². The van der Waals surface area contributed by atoms with E-state index in [1.165, 1.54) is 0 Å². The lowest BCUT2D eigenvalue weighted by Crippen LogP contribution is -2.47. The molecule has 0 aromatic heterocycles. The van der Waals surface area contributed by atoms with Crippen molar-refractivity contribution < 1.29 is 13.2 Å². The van der Waals surface area contributed by atoms with Crippen LogP contribution in [0.1, 0.15) is 23.7 Å². The van der Waals surface area contributed by atoms with Crippen molar-refractivity contribution >= 4 is 43.3 Å². The summed E-state index contributed by atoms with van der Waals surface area (Å²) in [7, 11) is -3.06. The van der Waals surface area contributed by atoms with E-state index in [4.69, 9.17) is 11.6 Å². The number of carbonyl (C=O) groups excluding carboxylic acids is 1. The minimum absolute atomic E-state index is 0.0304. The van der Waals surface area contributed by atoms with Crippen LogP contribution in [-0.4, -0.2) is 31.4 Å². The molecule has 7 heteroatoms. The highest BCUT2D eigenvalue weighted by Gasteiger charge is 2.39. The quantitative estimate of drug-likeness (QED) is 0.874. The molecule has 1 atom stereocenters. The Balaban J connectivity index is 2.21. The van der Waals surface area contributed by atoms with Gasteiger partial charge in [-0.15, -0.1) is 0 Å². The van der Waals surface area contributed by atoms with Crippen LogP contribution in [-0.2, 0) is 9.84 Å². The summed E-state index contributed by atoms with van der Waals surface area (Å²) in [6.07, 6.45) is 0.423. The molecule has 1 unspecified atom stereocenters. The SMILES string of the molecule is CC1(NC(=O)c2cccc(Br)c2Cl)CCS(=O)(=O)C1. The molecule has 0 bridgehead atoms. The predicted octanol–water partition coefficient (Wildman–Crippen LogP) is 2.41. The van der Waals surface area contributed by atoms with Gasteiger partial charge in [0.05, 0.1) is 27.6 Å². The van der Waals surface area contributed by atoms with Gasteiger partial charge in [-0.25, -0.2) is 8.42 Å². The molecule has 1 aromatic rings. The molecule has 19 heavy (non-hydrogen) atoms. The van der Waals surface area contributed by atoms with Crippen molar-refractivity contribution in [1.82, 2.24) is 5.32 Å². The molecule has 0 aliphatic carbocycles. The van der Waals surface area contributed by atoms with Crippen LogP contribution in [0.25, 0.3) is 0 Å². The van der Waals surface area contributed by atoms with Gasteiger partial charge in [0.2, 0.25) is 0 Å².